The summed E-state index contributed by atoms with van der Waals surface area (Å²) in [6.45, 7) is 4.20. The third-order valence-corrected chi connectivity index (χ3v) is 5.36. The van der Waals surface area contributed by atoms with Gasteiger partial charge in [-0.25, -0.2) is 13.1 Å². The summed E-state index contributed by atoms with van der Waals surface area (Å²) in [5.74, 6) is 0. The lowest BCUT2D eigenvalue weighted by Crippen LogP contribution is -2.26. The average molecular weight is 337 g/mol. The lowest BCUT2D eigenvalue weighted by atomic mass is 10.2. The Kier molecular flexibility index (Phi) is 4.86. The van der Waals surface area contributed by atoms with E-state index in [4.69, 9.17) is 0 Å². The molecule has 124 valence electrons. The quantitative estimate of drug-likeness (QED) is 0.645. The molecular weight excluding hydrogens is 318 g/mol. The first-order valence-electron chi connectivity index (χ1n) is 7.08. The minimum absolute atomic E-state index is 0.104. The molecule has 1 aromatic heterocycles. The number of nitrogens with one attached hydrogen (secondary N) is 1. The first-order valence-corrected chi connectivity index (χ1v) is 8.56. The highest BCUT2D eigenvalue weighted by Gasteiger charge is 2.17. The van der Waals surface area contributed by atoms with E-state index in [1.165, 1.54) is 18.2 Å². The van der Waals surface area contributed by atoms with E-state index < -0.39 is 14.9 Å². The van der Waals surface area contributed by atoms with Crippen LogP contribution < -0.4 is 4.72 Å². The number of benzene rings is 1. The summed E-state index contributed by atoms with van der Waals surface area (Å²) in [6, 6.07) is 7.04. The minimum Gasteiger partial charge on any atom is -0.352 e. The molecule has 0 amide bonds. The number of aromatic nitrogens is 1. The molecule has 1 N–H and O–H groups in total. The zero-order valence-corrected chi connectivity index (χ0v) is 14.1. The molecule has 0 atom stereocenters. The fraction of sp³-hybridized carbons (Fsp3) is 0.333. The highest BCUT2D eigenvalue weighted by Crippen LogP contribution is 2.17. The lowest BCUT2D eigenvalue weighted by Gasteiger charge is -2.07. The molecule has 8 heteroatoms. The van der Waals surface area contributed by atoms with Crippen LogP contribution >= 0.6 is 0 Å². The number of rotatable bonds is 6. The number of hydrogen-bond acceptors (Lipinski definition) is 4. The van der Waals surface area contributed by atoms with Crippen LogP contribution in [0.5, 0.6) is 0 Å². The first kappa shape index (κ1) is 17.2. The van der Waals surface area contributed by atoms with Crippen LogP contribution in [0.15, 0.2) is 35.2 Å². The fourth-order valence-electron chi connectivity index (χ4n) is 2.35. The Balaban J connectivity index is 2.08. The van der Waals surface area contributed by atoms with Crippen LogP contribution in [0, 0.1) is 24.0 Å². The van der Waals surface area contributed by atoms with E-state index in [-0.39, 0.29) is 17.1 Å². The maximum atomic E-state index is 12.2. The summed E-state index contributed by atoms with van der Waals surface area (Å²) in [5, 5.41) is 10.7. The Morgan fingerprint density at radius 2 is 1.96 bits per heavy atom. The molecule has 1 aromatic carbocycles. The van der Waals surface area contributed by atoms with Gasteiger partial charge in [-0.15, -0.1) is 0 Å². The van der Waals surface area contributed by atoms with Crippen LogP contribution in [-0.4, -0.2) is 24.5 Å². The molecular formula is C15H19N3O4S. The SMILES string of the molecule is Cc1cc(CCNS(=O)(=O)c2cccc([N+](=O)[O-])c2)c(C)n1C. The van der Waals surface area contributed by atoms with Crippen LogP contribution in [0.3, 0.4) is 0 Å². The number of sulfonamides is 1. The number of hydrogen-bond donors (Lipinski definition) is 1. The summed E-state index contributed by atoms with van der Waals surface area (Å²) < 4.78 is 29.0. The Hall–Kier alpha value is -2.19. The molecule has 2 rings (SSSR count). The van der Waals surface area contributed by atoms with Gasteiger partial charge in [0.05, 0.1) is 9.82 Å². The van der Waals surface area contributed by atoms with Crippen molar-refractivity contribution in [3.05, 3.63) is 57.4 Å². The fourth-order valence-corrected chi connectivity index (χ4v) is 3.43. The summed E-state index contributed by atoms with van der Waals surface area (Å²) >= 11 is 0. The summed E-state index contributed by atoms with van der Waals surface area (Å²) in [5.41, 5.74) is 3.03. The van der Waals surface area contributed by atoms with Crippen molar-refractivity contribution in [3.8, 4) is 0 Å². The van der Waals surface area contributed by atoms with E-state index in [0.29, 0.717) is 6.42 Å². The van der Waals surface area contributed by atoms with Gasteiger partial charge in [0, 0.05) is 37.1 Å². The molecule has 0 spiro atoms. The maximum Gasteiger partial charge on any atom is 0.270 e. The lowest BCUT2D eigenvalue weighted by molar-refractivity contribution is -0.385. The average Bonchev–Trinajstić information content (AvgIpc) is 2.74. The van der Waals surface area contributed by atoms with E-state index in [2.05, 4.69) is 4.72 Å². The van der Waals surface area contributed by atoms with E-state index in [1.54, 1.807) is 0 Å². The number of nitro benzene ring substituents is 1. The van der Waals surface area contributed by atoms with Crippen molar-refractivity contribution in [2.24, 2.45) is 7.05 Å². The first-order chi connectivity index (χ1) is 10.7. The number of aryl methyl sites for hydroxylation is 1. The highest BCUT2D eigenvalue weighted by molar-refractivity contribution is 7.89. The molecule has 0 radical (unpaired) electrons. The second-order valence-electron chi connectivity index (χ2n) is 5.36. The van der Waals surface area contributed by atoms with Crippen molar-refractivity contribution in [1.82, 2.24) is 9.29 Å². The molecule has 0 saturated heterocycles. The summed E-state index contributed by atoms with van der Waals surface area (Å²) in [7, 11) is -1.80. The third kappa shape index (κ3) is 3.77. The van der Waals surface area contributed by atoms with Crippen molar-refractivity contribution in [2.75, 3.05) is 6.54 Å². The molecule has 0 aliphatic carbocycles. The molecule has 7 nitrogen and oxygen atoms in total. The van der Waals surface area contributed by atoms with Gasteiger partial charge in [-0.1, -0.05) is 6.07 Å². The summed E-state index contributed by atoms with van der Waals surface area (Å²) in [6.07, 6.45) is 0.557. The largest absolute Gasteiger partial charge is 0.352 e. The number of nitrogens with zero attached hydrogens (tertiary/aromatic N) is 2. The van der Waals surface area contributed by atoms with Gasteiger partial charge in [0.15, 0.2) is 0 Å². The van der Waals surface area contributed by atoms with Gasteiger partial charge in [0.1, 0.15) is 0 Å². The minimum atomic E-state index is -3.76. The van der Waals surface area contributed by atoms with Crippen LogP contribution in [0.2, 0.25) is 0 Å². The van der Waals surface area contributed by atoms with Crippen molar-refractivity contribution < 1.29 is 13.3 Å². The summed E-state index contributed by atoms with van der Waals surface area (Å²) in [4.78, 5) is 10.0. The van der Waals surface area contributed by atoms with Gasteiger partial charge >= 0.3 is 0 Å². The predicted octanol–water partition coefficient (Wildman–Crippen LogP) is 2.07. The zero-order chi connectivity index (χ0) is 17.2. The second kappa shape index (κ2) is 6.51. The maximum absolute atomic E-state index is 12.2. The standard InChI is InChI=1S/C15H19N3O4S/c1-11-9-13(12(2)17(11)3)7-8-16-23(21,22)15-6-4-5-14(10-15)18(19)20/h4-6,9-10,16H,7-8H2,1-3H3. The van der Waals surface area contributed by atoms with Crippen molar-refractivity contribution in [1.29, 1.82) is 0 Å². The Morgan fingerprint density at radius 3 is 2.52 bits per heavy atom. The topological polar surface area (TPSA) is 94.2 Å². The zero-order valence-electron chi connectivity index (χ0n) is 13.2. The van der Waals surface area contributed by atoms with Gasteiger partial charge in [-0.05, 0) is 38.0 Å². The van der Waals surface area contributed by atoms with Crippen molar-refractivity contribution >= 4 is 15.7 Å². The molecule has 23 heavy (non-hydrogen) atoms. The Labute approximate surface area is 135 Å². The van der Waals surface area contributed by atoms with Crippen LogP contribution in [0.4, 0.5) is 5.69 Å². The van der Waals surface area contributed by atoms with E-state index in [0.717, 1.165) is 23.0 Å². The highest BCUT2D eigenvalue weighted by atomic mass is 32.2. The molecule has 0 fully saturated rings. The monoisotopic (exact) mass is 337 g/mol. The number of non-ortho nitro benzene ring substituents is 1. The van der Waals surface area contributed by atoms with Gasteiger partial charge in [0.2, 0.25) is 10.0 Å². The molecule has 0 unspecified atom stereocenters. The Morgan fingerprint density at radius 1 is 1.26 bits per heavy atom. The molecule has 0 saturated carbocycles. The van der Waals surface area contributed by atoms with Gasteiger partial charge in [0.25, 0.3) is 5.69 Å². The van der Waals surface area contributed by atoms with Crippen molar-refractivity contribution in [2.45, 2.75) is 25.2 Å². The van der Waals surface area contributed by atoms with Crippen LogP contribution in [0.25, 0.3) is 0 Å². The van der Waals surface area contributed by atoms with Gasteiger partial charge in [-0.2, -0.15) is 0 Å². The van der Waals surface area contributed by atoms with E-state index in [1.807, 2.05) is 31.5 Å². The third-order valence-electron chi connectivity index (χ3n) is 3.91. The second-order valence-corrected chi connectivity index (χ2v) is 7.12. The smallest absolute Gasteiger partial charge is 0.270 e. The van der Waals surface area contributed by atoms with Gasteiger partial charge in [-0.3, -0.25) is 10.1 Å². The normalized spacial score (nSPS) is 11.6. The molecule has 2 aromatic rings. The predicted molar refractivity (Wildman–Crippen MR) is 86.9 cm³/mol. The van der Waals surface area contributed by atoms with Crippen molar-refractivity contribution in [3.63, 3.8) is 0 Å². The molecule has 1 heterocycles. The molecule has 0 aliphatic heterocycles. The van der Waals surface area contributed by atoms with Crippen LogP contribution in [-0.2, 0) is 23.5 Å². The Bertz CT molecular complexity index is 840. The van der Waals surface area contributed by atoms with Crippen LogP contribution in [0.1, 0.15) is 17.0 Å². The van der Waals surface area contributed by atoms with E-state index >= 15 is 0 Å². The number of nitro groups is 1. The van der Waals surface area contributed by atoms with Gasteiger partial charge < -0.3 is 4.57 Å². The molecule has 0 bridgehead atoms. The molecule has 0 aliphatic rings. The van der Waals surface area contributed by atoms with E-state index in [9.17, 15) is 18.5 Å².